The Bertz CT molecular complexity index is 487. The Morgan fingerprint density at radius 1 is 1.25 bits per heavy atom. The molecule has 1 fully saturated rings. The van der Waals surface area contributed by atoms with Crippen molar-refractivity contribution in [1.29, 1.82) is 0 Å². The van der Waals surface area contributed by atoms with Crippen molar-refractivity contribution >= 4 is 34.8 Å². The van der Waals surface area contributed by atoms with Gasteiger partial charge in [0.15, 0.2) is 5.11 Å². The van der Waals surface area contributed by atoms with E-state index in [1.54, 1.807) is 0 Å². The first-order valence-electron chi connectivity index (χ1n) is 6.99. The minimum atomic E-state index is -0.0412. The van der Waals surface area contributed by atoms with Crippen LogP contribution in [0.25, 0.3) is 0 Å². The summed E-state index contributed by atoms with van der Waals surface area (Å²) >= 11 is 11.3. The third-order valence-corrected chi connectivity index (χ3v) is 4.20. The van der Waals surface area contributed by atoms with Crippen LogP contribution >= 0.6 is 23.8 Å². The highest BCUT2D eigenvalue weighted by atomic mass is 35.5. The molecule has 0 bridgehead atoms. The summed E-state index contributed by atoms with van der Waals surface area (Å²) in [7, 11) is 0. The van der Waals surface area contributed by atoms with Crippen LogP contribution in [0.4, 0.5) is 0 Å². The molecule has 0 radical (unpaired) electrons. The molecule has 0 aliphatic carbocycles. The number of likely N-dealkylation sites (tertiary alicyclic amines) is 1. The maximum absolute atomic E-state index is 11.9. The van der Waals surface area contributed by atoms with E-state index in [4.69, 9.17) is 23.8 Å². The van der Waals surface area contributed by atoms with Gasteiger partial charge in [-0.25, -0.2) is 0 Å². The number of aryl methyl sites for hydroxylation is 1. The van der Waals surface area contributed by atoms with Crippen molar-refractivity contribution in [3.8, 4) is 0 Å². The number of halogens is 1. The van der Waals surface area contributed by atoms with Gasteiger partial charge in [0.2, 0.25) is 5.91 Å². The van der Waals surface area contributed by atoms with Gasteiger partial charge in [-0.2, -0.15) is 0 Å². The highest BCUT2D eigenvalue weighted by molar-refractivity contribution is 7.80. The van der Waals surface area contributed by atoms with E-state index in [-0.39, 0.29) is 5.91 Å². The monoisotopic (exact) mass is 310 g/mol. The molecular weight excluding hydrogens is 292 g/mol. The number of thiocarbonyl (C=S) groups is 1. The van der Waals surface area contributed by atoms with Crippen molar-refractivity contribution in [2.45, 2.75) is 32.1 Å². The molecule has 0 unspecified atom stereocenters. The van der Waals surface area contributed by atoms with Gasteiger partial charge in [0.25, 0.3) is 0 Å². The Morgan fingerprint density at radius 3 is 2.65 bits per heavy atom. The van der Waals surface area contributed by atoms with Crippen LogP contribution in [-0.2, 0) is 11.2 Å². The van der Waals surface area contributed by atoms with Gasteiger partial charge in [-0.3, -0.25) is 4.79 Å². The van der Waals surface area contributed by atoms with E-state index in [1.165, 1.54) is 6.42 Å². The van der Waals surface area contributed by atoms with Crippen molar-refractivity contribution in [2.75, 3.05) is 13.1 Å². The molecule has 1 amide bonds. The molecule has 1 N–H and O–H groups in total. The minimum absolute atomic E-state index is 0.0412. The molecule has 1 aromatic carbocycles. The fourth-order valence-electron chi connectivity index (χ4n) is 2.31. The number of nitrogens with one attached hydrogen (secondary N) is 1. The summed E-state index contributed by atoms with van der Waals surface area (Å²) in [5.74, 6) is -0.0412. The lowest BCUT2D eigenvalue weighted by Gasteiger charge is -2.28. The second-order valence-electron chi connectivity index (χ2n) is 4.99. The number of piperidine rings is 1. The lowest BCUT2D eigenvalue weighted by molar-refractivity contribution is -0.119. The summed E-state index contributed by atoms with van der Waals surface area (Å²) in [6.07, 6.45) is 4.58. The predicted molar refractivity (Wildman–Crippen MR) is 85.9 cm³/mol. The van der Waals surface area contributed by atoms with Gasteiger partial charge >= 0.3 is 0 Å². The van der Waals surface area contributed by atoms with Gasteiger partial charge in [0.05, 0.1) is 0 Å². The Balaban J connectivity index is 1.77. The molecule has 3 nitrogen and oxygen atoms in total. The van der Waals surface area contributed by atoms with Gasteiger partial charge in [-0.1, -0.05) is 29.8 Å². The first kappa shape index (κ1) is 15.3. The second kappa shape index (κ2) is 7.60. The van der Waals surface area contributed by atoms with Crippen LogP contribution in [0.3, 0.4) is 0 Å². The van der Waals surface area contributed by atoms with Crippen LogP contribution < -0.4 is 5.32 Å². The SMILES string of the molecule is O=C(CCc1ccccc1Cl)NC(=S)N1CCCCC1. The van der Waals surface area contributed by atoms with E-state index >= 15 is 0 Å². The number of carbonyl (C=O) groups excluding carboxylic acids is 1. The third kappa shape index (κ3) is 4.46. The molecule has 5 heteroatoms. The molecule has 2 rings (SSSR count). The molecule has 1 heterocycles. The van der Waals surface area contributed by atoms with Crippen LogP contribution in [0.5, 0.6) is 0 Å². The highest BCUT2D eigenvalue weighted by Gasteiger charge is 2.15. The lowest BCUT2D eigenvalue weighted by Crippen LogP contribution is -2.44. The Kier molecular flexibility index (Phi) is 5.80. The number of rotatable bonds is 3. The van der Waals surface area contributed by atoms with Crippen molar-refractivity contribution in [2.24, 2.45) is 0 Å². The molecule has 0 aromatic heterocycles. The number of amides is 1. The van der Waals surface area contributed by atoms with E-state index in [0.717, 1.165) is 31.5 Å². The number of hydrogen-bond acceptors (Lipinski definition) is 2. The van der Waals surface area contributed by atoms with Gasteiger partial charge in [-0.05, 0) is 49.5 Å². The summed E-state index contributed by atoms with van der Waals surface area (Å²) in [6, 6.07) is 7.60. The summed E-state index contributed by atoms with van der Waals surface area (Å²) in [5, 5.41) is 4.09. The van der Waals surface area contributed by atoms with Crippen molar-refractivity contribution in [3.63, 3.8) is 0 Å². The lowest BCUT2D eigenvalue weighted by atomic mass is 10.1. The van der Waals surface area contributed by atoms with Crippen LogP contribution in [-0.4, -0.2) is 29.0 Å². The van der Waals surface area contributed by atoms with E-state index in [0.29, 0.717) is 23.0 Å². The van der Waals surface area contributed by atoms with Crippen molar-refractivity contribution in [1.82, 2.24) is 10.2 Å². The van der Waals surface area contributed by atoms with Gasteiger partial charge in [-0.15, -0.1) is 0 Å². The fourth-order valence-corrected chi connectivity index (χ4v) is 2.83. The Labute approximate surface area is 130 Å². The maximum Gasteiger partial charge on any atom is 0.226 e. The summed E-state index contributed by atoms with van der Waals surface area (Å²) in [6.45, 7) is 1.90. The summed E-state index contributed by atoms with van der Waals surface area (Å²) in [5.41, 5.74) is 0.994. The molecular formula is C15H19ClN2OS. The quantitative estimate of drug-likeness (QED) is 0.870. The largest absolute Gasteiger partial charge is 0.349 e. The average molecular weight is 311 g/mol. The maximum atomic E-state index is 11.9. The van der Waals surface area contributed by atoms with Crippen LogP contribution in [0.1, 0.15) is 31.2 Å². The number of benzene rings is 1. The third-order valence-electron chi connectivity index (χ3n) is 3.47. The van der Waals surface area contributed by atoms with Crippen molar-refractivity contribution in [3.05, 3.63) is 34.9 Å². The van der Waals surface area contributed by atoms with E-state index in [1.807, 2.05) is 24.3 Å². The summed E-state index contributed by atoms with van der Waals surface area (Å²) < 4.78 is 0. The number of hydrogen-bond donors (Lipinski definition) is 1. The fraction of sp³-hybridized carbons (Fsp3) is 0.467. The normalized spacial score (nSPS) is 14.9. The molecule has 0 spiro atoms. The van der Waals surface area contributed by atoms with Crippen LogP contribution in [0.2, 0.25) is 5.02 Å². The summed E-state index contributed by atoms with van der Waals surface area (Å²) in [4.78, 5) is 14.0. The number of carbonyl (C=O) groups is 1. The smallest absolute Gasteiger partial charge is 0.226 e. The number of nitrogens with zero attached hydrogens (tertiary/aromatic N) is 1. The minimum Gasteiger partial charge on any atom is -0.349 e. The highest BCUT2D eigenvalue weighted by Crippen LogP contribution is 2.16. The molecule has 1 aliphatic heterocycles. The topological polar surface area (TPSA) is 32.3 Å². The van der Waals surface area contributed by atoms with E-state index < -0.39 is 0 Å². The van der Waals surface area contributed by atoms with Gasteiger partial charge in [0.1, 0.15) is 0 Å². The molecule has 108 valence electrons. The molecule has 1 aliphatic rings. The zero-order chi connectivity index (χ0) is 14.4. The zero-order valence-electron chi connectivity index (χ0n) is 11.4. The van der Waals surface area contributed by atoms with Gasteiger partial charge in [0, 0.05) is 24.5 Å². The van der Waals surface area contributed by atoms with E-state index in [2.05, 4.69) is 10.2 Å². The van der Waals surface area contributed by atoms with Crippen molar-refractivity contribution < 1.29 is 4.79 Å². The Morgan fingerprint density at radius 2 is 1.95 bits per heavy atom. The second-order valence-corrected chi connectivity index (χ2v) is 5.79. The van der Waals surface area contributed by atoms with Crippen LogP contribution in [0, 0.1) is 0 Å². The molecule has 0 saturated carbocycles. The molecule has 0 atom stereocenters. The van der Waals surface area contributed by atoms with E-state index in [9.17, 15) is 4.79 Å². The average Bonchev–Trinajstić information content (AvgIpc) is 2.47. The molecule has 1 saturated heterocycles. The standard InChI is InChI=1S/C15H19ClN2OS/c16-13-7-3-2-6-12(13)8-9-14(19)17-15(20)18-10-4-1-5-11-18/h2-3,6-7H,1,4-5,8-11H2,(H,17,19,20). The van der Waals surface area contributed by atoms with Crippen LogP contribution in [0.15, 0.2) is 24.3 Å². The molecule has 20 heavy (non-hydrogen) atoms. The Hall–Kier alpha value is -1.13. The zero-order valence-corrected chi connectivity index (χ0v) is 13.0. The first-order valence-corrected chi connectivity index (χ1v) is 7.77. The van der Waals surface area contributed by atoms with Gasteiger partial charge < -0.3 is 10.2 Å². The first-order chi connectivity index (χ1) is 9.66. The predicted octanol–water partition coefficient (Wildman–Crippen LogP) is 3.16. The molecule has 1 aromatic rings.